The van der Waals surface area contributed by atoms with Gasteiger partial charge in [0, 0.05) is 6.54 Å². The Morgan fingerprint density at radius 2 is 2.00 bits per heavy atom. The largest absolute Gasteiger partial charge is 0.391 e. The van der Waals surface area contributed by atoms with Crippen molar-refractivity contribution in [3.05, 3.63) is 12.7 Å². The molecular weight excluding hydrogens is 150 g/mol. The first-order valence-corrected chi connectivity index (χ1v) is 4.84. The number of piperidine rings is 1. The molecule has 0 spiro atoms. The molecule has 70 valence electrons. The molecule has 0 bridgehead atoms. The molecule has 0 aromatic heterocycles. The molecule has 0 amide bonds. The zero-order chi connectivity index (χ0) is 8.81. The second-order valence-electron chi connectivity index (χ2n) is 3.54. The molecule has 1 N–H and O–H groups in total. The lowest BCUT2D eigenvalue weighted by Crippen LogP contribution is -2.36. The van der Waals surface area contributed by atoms with Gasteiger partial charge in [0.25, 0.3) is 0 Å². The second kappa shape index (κ2) is 5.33. The van der Waals surface area contributed by atoms with Gasteiger partial charge in [-0.1, -0.05) is 12.5 Å². The first-order valence-electron chi connectivity index (χ1n) is 4.84. The van der Waals surface area contributed by atoms with E-state index in [2.05, 4.69) is 11.5 Å². The highest BCUT2D eigenvalue weighted by molar-refractivity contribution is 4.76. The number of hydrogen-bond donors (Lipinski definition) is 1. The van der Waals surface area contributed by atoms with E-state index < -0.39 is 0 Å². The van der Waals surface area contributed by atoms with Crippen molar-refractivity contribution in [3.8, 4) is 0 Å². The monoisotopic (exact) mass is 169 g/mol. The fourth-order valence-electron chi connectivity index (χ4n) is 1.71. The lowest BCUT2D eigenvalue weighted by molar-refractivity contribution is 0.103. The summed E-state index contributed by atoms with van der Waals surface area (Å²) in [4.78, 5) is 2.34. The minimum Gasteiger partial charge on any atom is -0.391 e. The van der Waals surface area contributed by atoms with Crippen LogP contribution in [0.25, 0.3) is 0 Å². The van der Waals surface area contributed by atoms with E-state index in [0.29, 0.717) is 0 Å². The molecule has 1 saturated heterocycles. The van der Waals surface area contributed by atoms with Crippen LogP contribution in [0.5, 0.6) is 0 Å². The third-order valence-corrected chi connectivity index (χ3v) is 2.36. The summed E-state index contributed by atoms with van der Waals surface area (Å²) in [6.07, 6.45) is 6.24. The van der Waals surface area contributed by atoms with Crippen LogP contribution in [0.1, 0.15) is 25.7 Å². The maximum Gasteiger partial charge on any atom is 0.0701 e. The lowest BCUT2D eigenvalue weighted by atomic mass is 10.1. The van der Waals surface area contributed by atoms with Crippen LogP contribution in [0.15, 0.2) is 12.7 Å². The smallest absolute Gasteiger partial charge is 0.0701 e. The zero-order valence-corrected chi connectivity index (χ0v) is 7.71. The van der Waals surface area contributed by atoms with E-state index in [-0.39, 0.29) is 6.10 Å². The number of rotatable bonds is 4. The van der Waals surface area contributed by atoms with E-state index in [4.69, 9.17) is 0 Å². The summed E-state index contributed by atoms with van der Waals surface area (Å²) in [7, 11) is 0. The SMILES string of the molecule is C=CCC(O)CN1CCCCC1. The third-order valence-electron chi connectivity index (χ3n) is 2.36. The molecule has 0 radical (unpaired) electrons. The Labute approximate surface area is 74.9 Å². The quantitative estimate of drug-likeness (QED) is 0.643. The van der Waals surface area contributed by atoms with Gasteiger partial charge in [0.15, 0.2) is 0 Å². The molecular formula is C10H19NO. The van der Waals surface area contributed by atoms with Crippen molar-refractivity contribution in [2.75, 3.05) is 19.6 Å². The first-order chi connectivity index (χ1) is 5.83. The van der Waals surface area contributed by atoms with E-state index in [0.717, 1.165) is 26.1 Å². The number of hydrogen-bond acceptors (Lipinski definition) is 2. The molecule has 1 rings (SSSR count). The van der Waals surface area contributed by atoms with Gasteiger partial charge in [-0.3, -0.25) is 0 Å². The van der Waals surface area contributed by atoms with Gasteiger partial charge in [0.05, 0.1) is 6.10 Å². The Morgan fingerprint density at radius 1 is 1.33 bits per heavy atom. The molecule has 1 aliphatic rings. The molecule has 2 heteroatoms. The molecule has 0 saturated carbocycles. The molecule has 1 unspecified atom stereocenters. The van der Waals surface area contributed by atoms with Crippen LogP contribution in [-0.4, -0.2) is 35.7 Å². The summed E-state index contributed by atoms with van der Waals surface area (Å²) in [5.41, 5.74) is 0. The van der Waals surface area contributed by atoms with E-state index in [1.165, 1.54) is 19.3 Å². The molecule has 0 aromatic rings. The average Bonchev–Trinajstić information content (AvgIpc) is 2.06. The summed E-state index contributed by atoms with van der Waals surface area (Å²) < 4.78 is 0. The highest BCUT2D eigenvalue weighted by Crippen LogP contribution is 2.09. The van der Waals surface area contributed by atoms with Crippen LogP contribution >= 0.6 is 0 Å². The maximum atomic E-state index is 9.49. The summed E-state index contributed by atoms with van der Waals surface area (Å²) in [6, 6.07) is 0. The van der Waals surface area contributed by atoms with Crippen molar-refractivity contribution in [1.82, 2.24) is 4.90 Å². The van der Waals surface area contributed by atoms with Crippen LogP contribution in [0, 0.1) is 0 Å². The standard InChI is InChI=1S/C10H19NO/c1-2-6-10(12)9-11-7-4-3-5-8-11/h2,10,12H,1,3-9H2. The predicted octanol–water partition coefficient (Wildman–Crippen LogP) is 1.41. The predicted molar refractivity (Wildman–Crippen MR) is 51.1 cm³/mol. The Balaban J connectivity index is 2.15. The molecule has 1 aliphatic heterocycles. The van der Waals surface area contributed by atoms with E-state index in [1.54, 1.807) is 6.08 Å². The minimum absolute atomic E-state index is 0.208. The third kappa shape index (κ3) is 3.37. The van der Waals surface area contributed by atoms with Crippen LogP contribution < -0.4 is 0 Å². The molecule has 0 aliphatic carbocycles. The Morgan fingerprint density at radius 3 is 2.58 bits per heavy atom. The van der Waals surface area contributed by atoms with Crippen molar-refractivity contribution >= 4 is 0 Å². The molecule has 1 fully saturated rings. The van der Waals surface area contributed by atoms with Crippen molar-refractivity contribution in [2.24, 2.45) is 0 Å². The highest BCUT2D eigenvalue weighted by Gasteiger charge is 2.12. The fourth-order valence-corrected chi connectivity index (χ4v) is 1.71. The number of likely N-dealkylation sites (tertiary alicyclic amines) is 1. The van der Waals surface area contributed by atoms with Crippen LogP contribution in [-0.2, 0) is 0 Å². The number of aliphatic hydroxyl groups is 1. The lowest BCUT2D eigenvalue weighted by Gasteiger charge is -2.28. The number of aliphatic hydroxyl groups excluding tert-OH is 1. The van der Waals surface area contributed by atoms with Gasteiger partial charge >= 0.3 is 0 Å². The maximum absolute atomic E-state index is 9.49. The van der Waals surface area contributed by atoms with Gasteiger partial charge < -0.3 is 10.0 Å². The van der Waals surface area contributed by atoms with Gasteiger partial charge in [-0.25, -0.2) is 0 Å². The topological polar surface area (TPSA) is 23.5 Å². The van der Waals surface area contributed by atoms with E-state index in [1.807, 2.05) is 0 Å². The van der Waals surface area contributed by atoms with Crippen molar-refractivity contribution < 1.29 is 5.11 Å². The van der Waals surface area contributed by atoms with Crippen LogP contribution in [0.4, 0.5) is 0 Å². The zero-order valence-electron chi connectivity index (χ0n) is 7.71. The summed E-state index contributed by atoms with van der Waals surface area (Å²) in [5.74, 6) is 0. The van der Waals surface area contributed by atoms with Crippen LogP contribution in [0.3, 0.4) is 0 Å². The van der Waals surface area contributed by atoms with Gasteiger partial charge in [-0.05, 0) is 32.4 Å². The Bertz CT molecular complexity index is 130. The van der Waals surface area contributed by atoms with Gasteiger partial charge in [0.1, 0.15) is 0 Å². The van der Waals surface area contributed by atoms with E-state index >= 15 is 0 Å². The summed E-state index contributed by atoms with van der Waals surface area (Å²) in [5, 5.41) is 9.49. The summed E-state index contributed by atoms with van der Waals surface area (Å²) in [6.45, 7) is 6.76. The van der Waals surface area contributed by atoms with Gasteiger partial charge in [-0.15, -0.1) is 6.58 Å². The molecule has 0 aromatic carbocycles. The van der Waals surface area contributed by atoms with Crippen LogP contribution in [0.2, 0.25) is 0 Å². The Hall–Kier alpha value is -0.340. The number of β-amino-alcohol motifs (C(OH)–C–C–N with tert-alkyl or cyclic N) is 1. The van der Waals surface area contributed by atoms with Gasteiger partial charge in [-0.2, -0.15) is 0 Å². The Kier molecular flexibility index (Phi) is 4.33. The summed E-state index contributed by atoms with van der Waals surface area (Å²) >= 11 is 0. The fraction of sp³-hybridized carbons (Fsp3) is 0.800. The van der Waals surface area contributed by atoms with Crippen molar-refractivity contribution in [2.45, 2.75) is 31.8 Å². The second-order valence-corrected chi connectivity index (χ2v) is 3.54. The van der Waals surface area contributed by atoms with E-state index in [9.17, 15) is 5.11 Å². The molecule has 2 nitrogen and oxygen atoms in total. The average molecular weight is 169 g/mol. The highest BCUT2D eigenvalue weighted by atomic mass is 16.3. The normalized spacial score (nSPS) is 22.1. The molecule has 1 heterocycles. The number of nitrogens with zero attached hydrogens (tertiary/aromatic N) is 1. The first kappa shape index (κ1) is 9.75. The van der Waals surface area contributed by atoms with Gasteiger partial charge in [0.2, 0.25) is 0 Å². The van der Waals surface area contributed by atoms with Crippen molar-refractivity contribution in [1.29, 1.82) is 0 Å². The minimum atomic E-state index is -0.208. The van der Waals surface area contributed by atoms with Crippen molar-refractivity contribution in [3.63, 3.8) is 0 Å². The molecule has 1 atom stereocenters. The molecule has 12 heavy (non-hydrogen) atoms.